The average Bonchev–Trinajstić information content (AvgIpc) is 2.98. The van der Waals surface area contributed by atoms with Crippen molar-refractivity contribution in [2.24, 2.45) is 5.92 Å². The van der Waals surface area contributed by atoms with Crippen molar-refractivity contribution in [1.82, 2.24) is 10.2 Å². The molecule has 0 saturated carbocycles. The fourth-order valence-corrected chi connectivity index (χ4v) is 1.88. The second-order valence-electron chi connectivity index (χ2n) is 3.84. The summed E-state index contributed by atoms with van der Waals surface area (Å²) in [5.74, 6) is 0.405. The van der Waals surface area contributed by atoms with Crippen LogP contribution in [-0.4, -0.2) is 36.4 Å². The summed E-state index contributed by atoms with van der Waals surface area (Å²) in [6.45, 7) is 5.34. The number of ether oxygens (including phenoxy) is 1. The number of nitriles is 1. The van der Waals surface area contributed by atoms with E-state index in [0.717, 1.165) is 13.0 Å². The van der Waals surface area contributed by atoms with Gasteiger partial charge in [-0.15, -0.1) is 10.2 Å². The molecular weight excluding hydrogens is 244 g/mol. The summed E-state index contributed by atoms with van der Waals surface area (Å²) >= 11 is 0. The molecule has 0 unspecified atom stereocenters. The first-order valence-electron chi connectivity index (χ1n) is 6.31. The monoisotopic (exact) mass is 262 g/mol. The number of carbonyl (C=O) groups is 1. The standard InChI is InChI=1S/C11H12N4O2.C2H6/c1-17-11(16)8-4-5-15(7-8)10-3-2-9(6-12)13-14-10;1-2/h2-3,8H,4-5,7H2,1H3;1-2H3/t8-;/m0./s1. The SMILES string of the molecule is CC.COC(=O)[C@H]1CCN(c2ccc(C#N)nn2)C1. The van der Waals surface area contributed by atoms with Crippen LogP contribution in [0.2, 0.25) is 0 Å². The number of hydrogen-bond acceptors (Lipinski definition) is 6. The Morgan fingerprint density at radius 1 is 1.47 bits per heavy atom. The second-order valence-corrected chi connectivity index (χ2v) is 3.84. The maximum Gasteiger partial charge on any atom is 0.310 e. The van der Waals surface area contributed by atoms with Crippen LogP contribution in [0.5, 0.6) is 0 Å². The number of anilines is 1. The Morgan fingerprint density at radius 3 is 2.74 bits per heavy atom. The van der Waals surface area contributed by atoms with Crippen LogP contribution in [0.25, 0.3) is 0 Å². The highest BCUT2D eigenvalue weighted by Crippen LogP contribution is 2.22. The van der Waals surface area contributed by atoms with E-state index in [4.69, 9.17) is 10.00 Å². The second kappa shape index (κ2) is 7.31. The molecule has 0 spiro atoms. The van der Waals surface area contributed by atoms with Gasteiger partial charge in [-0.1, -0.05) is 13.8 Å². The lowest BCUT2D eigenvalue weighted by Gasteiger charge is -2.15. The van der Waals surface area contributed by atoms with E-state index in [1.165, 1.54) is 7.11 Å². The minimum atomic E-state index is -0.186. The molecule has 1 aromatic rings. The molecule has 6 heteroatoms. The smallest absolute Gasteiger partial charge is 0.310 e. The molecule has 0 bridgehead atoms. The van der Waals surface area contributed by atoms with Gasteiger partial charge in [0.05, 0.1) is 13.0 Å². The van der Waals surface area contributed by atoms with E-state index in [-0.39, 0.29) is 17.6 Å². The number of methoxy groups -OCH3 is 1. The Morgan fingerprint density at radius 2 is 2.21 bits per heavy atom. The molecule has 1 aliphatic heterocycles. The van der Waals surface area contributed by atoms with E-state index in [2.05, 4.69) is 10.2 Å². The van der Waals surface area contributed by atoms with Crippen molar-refractivity contribution >= 4 is 11.8 Å². The first-order chi connectivity index (χ1) is 9.24. The summed E-state index contributed by atoms with van der Waals surface area (Å²) in [4.78, 5) is 13.3. The van der Waals surface area contributed by atoms with Gasteiger partial charge in [0.1, 0.15) is 6.07 Å². The van der Waals surface area contributed by atoms with Crippen LogP contribution in [0.15, 0.2) is 12.1 Å². The van der Waals surface area contributed by atoms with Gasteiger partial charge in [-0.3, -0.25) is 4.79 Å². The Kier molecular flexibility index (Phi) is 5.73. The molecule has 1 saturated heterocycles. The number of hydrogen-bond donors (Lipinski definition) is 0. The zero-order valence-electron chi connectivity index (χ0n) is 11.5. The highest BCUT2D eigenvalue weighted by Gasteiger charge is 2.29. The molecule has 0 aliphatic carbocycles. The van der Waals surface area contributed by atoms with Gasteiger partial charge >= 0.3 is 5.97 Å². The van der Waals surface area contributed by atoms with E-state index >= 15 is 0 Å². The molecule has 0 radical (unpaired) electrons. The third kappa shape index (κ3) is 3.65. The fraction of sp³-hybridized carbons (Fsp3) is 0.538. The average molecular weight is 262 g/mol. The molecule has 2 rings (SSSR count). The van der Waals surface area contributed by atoms with Crippen molar-refractivity contribution in [3.8, 4) is 6.07 Å². The predicted molar refractivity (Wildman–Crippen MR) is 70.4 cm³/mol. The van der Waals surface area contributed by atoms with Gasteiger partial charge in [0.2, 0.25) is 0 Å². The number of aromatic nitrogens is 2. The Labute approximate surface area is 113 Å². The summed E-state index contributed by atoms with van der Waals surface area (Å²) in [5.41, 5.74) is 0.289. The highest BCUT2D eigenvalue weighted by molar-refractivity contribution is 5.74. The van der Waals surface area contributed by atoms with E-state index in [0.29, 0.717) is 12.4 Å². The van der Waals surface area contributed by atoms with Crippen molar-refractivity contribution < 1.29 is 9.53 Å². The Hall–Kier alpha value is -2.16. The third-order valence-electron chi connectivity index (χ3n) is 2.81. The molecule has 2 heterocycles. The summed E-state index contributed by atoms with van der Waals surface area (Å²) in [6, 6.07) is 5.27. The molecule has 1 fully saturated rings. The lowest BCUT2D eigenvalue weighted by atomic mass is 10.1. The van der Waals surface area contributed by atoms with Gasteiger partial charge in [-0.2, -0.15) is 5.26 Å². The molecule has 1 aromatic heterocycles. The number of esters is 1. The normalized spacial score (nSPS) is 17.2. The molecule has 0 aromatic carbocycles. The van der Waals surface area contributed by atoms with Crippen LogP contribution in [-0.2, 0) is 9.53 Å². The van der Waals surface area contributed by atoms with Crippen LogP contribution in [0.4, 0.5) is 5.82 Å². The van der Waals surface area contributed by atoms with Gasteiger partial charge in [0.25, 0.3) is 0 Å². The van der Waals surface area contributed by atoms with Gasteiger partial charge in [-0.25, -0.2) is 0 Å². The van der Waals surface area contributed by atoms with Gasteiger partial charge in [0, 0.05) is 13.1 Å². The van der Waals surface area contributed by atoms with Crippen LogP contribution >= 0.6 is 0 Å². The molecule has 102 valence electrons. The minimum absolute atomic E-state index is 0.0996. The third-order valence-corrected chi connectivity index (χ3v) is 2.81. The molecule has 6 nitrogen and oxygen atoms in total. The van der Waals surface area contributed by atoms with Crippen LogP contribution < -0.4 is 4.90 Å². The molecule has 0 amide bonds. The molecular formula is C13H18N4O2. The lowest BCUT2D eigenvalue weighted by Crippen LogP contribution is -2.24. The van der Waals surface area contributed by atoms with Gasteiger partial charge in [0.15, 0.2) is 11.5 Å². The van der Waals surface area contributed by atoms with Crippen LogP contribution in [0.1, 0.15) is 26.0 Å². The molecule has 0 N–H and O–H groups in total. The predicted octanol–water partition coefficient (Wildman–Crippen LogP) is 1.37. The zero-order chi connectivity index (χ0) is 14.3. The molecule has 1 aliphatic rings. The molecule has 19 heavy (non-hydrogen) atoms. The topological polar surface area (TPSA) is 79.1 Å². The zero-order valence-corrected chi connectivity index (χ0v) is 11.5. The number of nitrogens with zero attached hydrogens (tertiary/aromatic N) is 4. The first-order valence-corrected chi connectivity index (χ1v) is 6.31. The van der Waals surface area contributed by atoms with Gasteiger partial charge < -0.3 is 9.64 Å². The largest absolute Gasteiger partial charge is 0.469 e. The van der Waals surface area contributed by atoms with Crippen molar-refractivity contribution in [2.45, 2.75) is 20.3 Å². The fourth-order valence-electron chi connectivity index (χ4n) is 1.88. The quantitative estimate of drug-likeness (QED) is 0.749. The van der Waals surface area contributed by atoms with Gasteiger partial charge in [-0.05, 0) is 18.6 Å². The van der Waals surface area contributed by atoms with E-state index in [1.807, 2.05) is 24.8 Å². The number of carbonyl (C=O) groups excluding carboxylic acids is 1. The summed E-state index contributed by atoms with van der Waals surface area (Å²) in [7, 11) is 1.40. The van der Waals surface area contributed by atoms with Crippen molar-refractivity contribution in [2.75, 3.05) is 25.1 Å². The Balaban J connectivity index is 0.000000861. The maximum atomic E-state index is 11.4. The Bertz CT molecular complexity index is 453. The highest BCUT2D eigenvalue weighted by atomic mass is 16.5. The van der Waals surface area contributed by atoms with E-state index in [1.54, 1.807) is 12.1 Å². The lowest BCUT2D eigenvalue weighted by molar-refractivity contribution is -0.144. The minimum Gasteiger partial charge on any atom is -0.469 e. The summed E-state index contributed by atoms with van der Waals surface area (Å²) in [5, 5.41) is 16.3. The first kappa shape index (κ1) is 14.9. The van der Waals surface area contributed by atoms with Crippen molar-refractivity contribution in [3.05, 3.63) is 17.8 Å². The van der Waals surface area contributed by atoms with E-state index < -0.39 is 0 Å². The summed E-state index contributed by atoms with van der Waals surface area (Å²) in [6.07, 6.45) is 0.758. The van der Waals surface area contributed by atoms with Crippen LogP contribution in [0, 0.1) is 17.2 Å². The maximum absolute atomic E-state index is 11.4. The van der Waals surface area contributed by atoms with Crippen LogP contribution in [0.3, 0.4) is 0 Å². The number of rotatable bonds is 2. The van der Waals surface area contributed by atoms with E-state index in [9.17, 15) is 4.79 Å². The van der Waals surface area contributed by atoms with Crippen molar-refractivity contribution in [1.29, 1.82) is 5.26 Å². The molecule has 1 atom stereocenters. The van der Waals surface area contributed by atoms with Crippen molar-refractivity contribution in [3.63, 3.8) is 0 Å². The summed E-state index contributed by atoms with van der Waals surface area (Å²) < 4.78 is 4.71.